The summed E-state index contributed by atoms with van der Waals surface area (Å²) >= 11 is 9.39. The first-order chi connectivity index (χ1) is 10.2. The third kappa shape index (κ3) is 2.29. The Kier molecular flexibility index (Phi) is 3.65. The van der Waals surface area contributed by atoms with Gasteiger partial charge in [-0.1, -0.05) is 0 Å². The van der Waals surface area contributed by atoms with E-state index in [1.807, 2.05) is 4.57 Å². The van der Waals surface area contributed by atoms with Crippen molar-refractivity contribution in [1.29, 1.82) is 0 Å². The van der Waals surface area contributed by atoms with Gasteiger partial charge in [-0.2, -0.15) is 0 Å². The van der Waals surface area contributed by atoms with Gasteiger partial charge in [0.05, 0.1) is 0 Å². The first-order valence-electron chi connectivity index (χ1n) is 7.43. The van der Waals surface area contributed by atoms with E-state index in [1.165, 1.54) is 19.3 Å². The smallest absolute Gasteiger partial charge is 0.253 e. The van der Waals surface area contributed by atoms with Crippen molar-refractivity contribution in [2.24, 2.45) is 17.8 Å². The second kappa shape index (κ2) is 5.02. The van der Waals surface area contributed by atoms with Crippen LogP contribution in [-0.4, -0.2) is 24.7 Å². The van der Waals surface area contributed by atoms with Crippen molar-refractivity contribution in [3.05, 3.63) is 6.33 Å². The van der Waals surface area contributed by atoms with Gasteiger partial charge in [-0.05, 0) is 104 Å². The fraction of sp³-hybridized carbons (Fsp3) is 0.846. The lowest BCUT2D eigenvalue weighted by Gasteiger charge is -2.57. The maximum absolute atomic E-state index is 12.8. The molecule has 5 nitrogen and oxygen atoms in total. The second-order valence-corrected chi connectivity index (χ2v) is 17.4. The van der Waals surface area contributed by atoms with Crippen LogP contribution < -0.4 is 0 Å². The van der Waals surface area contributed by atoms with Gasteiger partial charge in [0, 0.05) is 5.54 Å². The minimum absolute atomic E-state index is 0.0417. The molecule has 22 heavy (non-hydrogen) atoms. The van der Waals surface area contributed by atoms with E-state index in [9.17, 15) is 8.42 Å². The van der Waals surface area contributed by atoms with Crippen molar-refractivity contribution in [3.8, 4) is 0 Å². The van der Waals surface area contributed by atoms with Crippen LogP contribution in [0.4, 0.5) is 0 Å². The van der Waals surface area contributed by atoms with E-state index in [0.29, 0.717) is 0 Å². The minimum atomic E-state index is -3.72. The van der Waals surface area contributed by atoms with Crippen LogP contribution >= 0.6 is 47.8 Å². The molecule has 0 amide bonds. The van der Waals surface area contributed by atoms with E-state index in [1.54, 1.807) is 6.33 Å². The largest absolute Gasteiger partial charge is 0.298 e. The Labute approximate surface area is 154 Å². The summed E-state index contributed by atoms with van der Waals surface area (Å²) < 4.78 is 26.0. The van der Waals surface area contributed by atoms with Crippen LogP contribution in [0, 0.1) is 17.8 Å². The molecule has 0 aliphatic heterocycles. The lowest BCUT2D eigenvalue weighted by molar-refractivity contribution is -0.0476. The molecule has 5 rings (SSSR count). The van der Waals surface area contributed by atoms with Crippen LogP contribution in [0.15, 0.2) is 11.5 Å². The quantitative estimate of drug-likeness (QED) is 0.560. The SMILES string of the molecule is O=S(=O)(c1nncn1C12CC3CC(CC(C3)C1)C2)C(Br)(Br)Br. The van der Waals surface area contributed by atoms with E-state index < -0.39 is 11.3 Å². The summed E-state index contributed by atoms with van der Waals surface area (Å²) in [7, 11) is -3.72. The molecule has 0 radical (unpaired) electrons. The molecule has 4 fully saturated rings. The zero-order valence-corrected chi connectivity index (χ0v) is 17.3. The summed E-state index contributed by atoms with van der Waals surface area (Å²) in [5.74, 6) is 2.18. The highest BCUT2D eigenvalue weighted by Gasteiger charge is 2.54. The first kappa shape index (κ1) is 16.0. The number of sulfone groups is 1. The van der Waals surface area contributed by atoms with Gasteiger partial charge < -0.3 is 0 Å². The molecule has 0 spiro atoms. The molecule has 9 heteroatoms. The highest BCUT2D eigenvalue weighted by Crippen LogP contribution is 2.59. The average Bonchev–Trinajstić information content (AvgIpc) is 2.85. The predicted molar refractivity (Wildman–Crippen MR) is 92.9 cm³/mol. The summed E-state index contributed by atoms with van der Waals surface area (Å²) in [6.45, 7) is 0. The maximum Gasteiger partial charge on any atom is 0.253 e. The van der Waals surface area contributed by atoms with Crippen LogP contribution in [0.25, 0.3) is 0 Å². The average molecular weight is 518 g/mol. The summed E-state index contributed by atoms with van der Waals surface area (Å²) in [5.41, 5.74) is -0.112. The van der Waals surface area contributed by atoms with Gasteiger partial charge in [-0.3, -0.25) is 4.57 Å². The molecule has 0 saturated heterocycles. The van der Waals surface area contributed by atoms with Crippen LogP contribution in [0.1, 0.15) is 38.5 Å². The monoisotopic (exact) mass is 515 g/mol. The zero-order valence-electron chi connectivity index (χ0n) is 11.8. The molecule has 4 saturated carbocycles. The Morgan fingerprint density at radius 1 is 1.09 bits per heavy atom. The Balaban J connectivity index is 1.81. The predicted octanol–water partition coefficient (Wildman–Crippen LogP) is 3.77. The highest BCUT2D eigenvalue weighted by atomic mass is 80.0. The molecular weight excluding hydrogens is 502 g/mol. The van der Waals surface area contributed by atoms with Gasteiger partial charge in [0.2, 0.25) is 11.3 Å². The molecular formula is C13H16Br3N3O2S. The molecule has 1 aromatic rings. The van der Waals surface area contributed by atoms with Crippen LogP contribution in [0.3, 0.4) is 0 Å². The molecule has 4 aliphatic carbocycles. The van der Waals surface area contributed by atoms with Crippen LogP contribution in [-0.2, 0) is 15.4 Å². The Morgan fingerprint density at radius 3 is 2.05 bits per heavy atom. The third-order valence-corrected chi connectivity index (χ3v) is 10.8. The Hall–Kier alpha value is 0.530. The molecule has 4 bridgehead atoms. The number of nitrogens with zero attached hydrogens (tertiary/aromatic N) is 3. The molecule has 0 N–H and O–H groups in total. The third-order valence-electron chi connectivity index (χ3n) is 5.58. The second-order valence-electron chi connectivity index (χ2n) is 7.07. The van der Waals surface area contributed by atoms with E-state index in [-0.39, 0.29) is 10.7 Å². The summed E-state index contributed by atoms with van der Waals surface area (Å²) in [6, 6.07) is 0. The first-order valence-corrected chi connectivity index (χ1v) is 11.3. The van der Waals surface area contributed by atoms with Gasteiger partial charge in [-0.25, -0.2) is 8.42 Å². The fourth-order valence-corrected chi connectivity index (χ4v) is 7.36. The number of hydrogen-bond acceptors (Lipinski definition) is 4. The number of aromatic nitrogens is 3. The fourth-order valence-electron chi connectivity index (χ4n) is 5.20. The van der Waals surface area contributed by atoms with Crippen molar-refractivity contribution in [2.45, 2.75) is 50.7 Å². The highest BCUT2D eigenvalue weighted by molar-refractivity contribution is 9.42. The van der Waals surface area contributed by atoms with Crippen LogP contribution in [0.5, 0.6) is 0 Å². The van der Waals surface area contributed by atoms with Crippen molar-refractivity contribution in [2.75, 3.05) is 0 Å². The Bertz CT molecular complexity index is 675. The normalized spacial score (nSPS) is 37.7. The van der Waals surface area contributed by atoms with Gasteiger partial charge >= 0.3 is 0 Å². The molecule has 1 heterocycles. The lowest BCUT2D eigenvalue weighted by Crippen LogP contribution is -2.52. The summed E-state index contributed by atoms with van der Waals surface area (Å²) in [6.07, 6.45) is 8.70. The van der Waals surface area contributed by atoms with Crippen molar-refractivity contribution < 1.29 is 8.42 Å². The van der Waals surface area contributed by atoms with Gasteiger partial charge in [0.1, 0.15) is 6.33 Å². The van der Waals surface area contributed by atoms with Gasteiger partial charge in [0.25, 0.3) is 5.16 Å². The van der Waals surface area contributed by atoms with Gasteiger partial charge in [-0.15, -0.1) is 10.2 Å². The number of alkyl halides is 3. The number of rotatable bonds is 2. The Morgan fingerprint density at radius 2 is 1.59 bits per heavy atom. The molecule has 4 aliphatic rings. The van der Waals surface area contributed by atoms with Gasteiger partial charge in [0.15, 0.2) is 0 Å². The van der Waals surface area contributed by atoms with Crippen LogP contribution in [0.2, 0.25) is 0 Å². The van der Waals surface area contributed by atoms with E-state index in [4.69, 9.17) is 0 Å². The van der Waals surface area contributed by atoms with E-state index in [0.717, 1.165) is 37.0 Å². The standard InChI is InChI=1S/C13H16Br3N3O2S/c14-13(15,16)22(20,21)11-18-17-7-19(11)12-4-8-1-9(5-12)3-10(2-8)6-12/h7-10H,1-6H2. The molecule has 0 unspecified atom stereocenters. The number of halogens is 3. The molecule has 0 aromatic carbocycles. The van der Waals surface area contributed by atoms with Crippen molar-refractivity contribution >= 4 is 57.6 Å². The number of hydrogen-bond donors (Lipinski definition) is 0. The zero-order chi connectivity index (χ0) is 15.8. The molecule has 1 aromatic heterocycles. The van der Waals surface area contributed by atoms with E-state index >= 15 is 0 Å². The molecule has 0 atom stereocenters. The minimum Gasteiger partial charge on any atom is -0.298 e. The summed E-state index contributed by atoms with van der Waals surface area (Å²) in [5, 5.41) is 7.92. The van der Waals surface area contributed by atoms with Crippen molar-refractivity contribution in [3.63, 3.8) is 0 Å². The van der Waals surface area contributed by atoms with E-state index in [2.05, 4.69) is 58.0 Å². The topological polar surface area (TPSA) is 64.8 Å². The molecule has 122 valence electrons. The lowest BCUT2D eigenvalue weighted by atomic mass is 9.53. The summed E-state index contributed by atoms with van der Waals surface area (Å²) in [4.78, 5) is 0. The van der Waals surface area contributed by atoms with Crippen molar-refractivity contribution in [1.82, 2.24) is 14.8 Å². The maximum atomic E-state index is 12.8.